The summed E-state index contributed by atoms with van der Waals surface area (Å²) < 4.78 is 26.9. The van der Waals surface area contributed by atoms with Gasteiger partial charge in [-0.3, -0.25) is 0 Å². The molecular formula is C11H15Cl2NO3S. The van der Waals surface area contributed by atoms with E-state index in [0.29, 0.717) is 0 Å². The van der Waals surface area contributed by atoms with Crippen molar-refractivity contribution in [3.8, 4) is 0 Å². The molecule has 0 aliphatic heterocycles. The van der Waals surface area contributed by atoms with Crippen LogP contribution in [0.5, 0.6) is 0 Å². The molecular weight excluding hydrogens is 297 g/mol. The SMILES string of the molecule is CC(C)(CCO)NS(=O)(=O)c1c(Cl)cccc1Cl. The van der Waals surface area contributed by atoms with Crippen molar-refractivity contribution in [1.29, 1.82) is 0 Å². The van der Waals surface area contributed by atoms with Gasteiger partial charge in [-0.05, 0) is 32.4 Å². The summed E-state index contributed by atoms with van der Waals surface area (Å²) in [6, 6.07) is 4.49. The number of halogens is 2. The molecule has 1 aromatic rings. The zero-order valence-corrected chi connectivity index (χ0v) is 12.4. The molecule has 0 bridgehead atoms. The van der Waals surface area contributed by atoms with E-state index >= 15 is 0 Å². The summed E-state index contributed by atoms with van der Waals surface area (Å²) in [6.07, 6.45) is 0.286. The molecule has 102 valence electrons. The number of aliphatic hydroxyl groups excluding tert-OH is 1. The minimum Gasteiger partial charge on any atom is -0.396 e. The van der Waals surface area contributed by atoms with Crippen molar-refractivity contribution in [1.82, 2.24) is 4.72 Å². The van der Waals surface area contributed by atoms with Crippen LogP contribution in [0.25, 0.3) is 0 Å². The van der Waals surface area contributed by atoms with Gasteiger partial charge in [0.15, 0.2) is 0 Å². The highest BCUT2D eigenvalue weighted by atomic mass is 35.5. The molecule has 0 atom stereocenters. The van der Waals surface area contributed by atoms with Crippen molar-refractivity contribution >= 4 is 33.2 Å². The maximum Gasteiger partial charge on any atom is 0.244 e. The molecule has 1 aromatic carbocycles. The molecule has 18 heavy (non-hydrogen) atoms. The fraction of sp³-hybridized carbons (Fsp3) is 0.455. The third kappa shape index (κ3) is 3.83. The van der Waals surface area contributed by atoms with E-state index in [4.69, 9.17) is 28.3 Å². The lowest BCUT2D eigenvalue weighted by atomic mass is 10.0. The number of aliphatic hydroxyl groups is 1. The molecule has 7 heteroatoms. The Morgan fingerprint density at radius 3 is 2.22 bits per heavy atom. The molecule has 0 aliphatic carbocycles. The predicted molar refractivity (Wildman–Crippen MR) is 72.6 cm³/mol. The van der Waals surface area contributed by atoms with Gasteiger partial charge in [0.05, 0.1) is 10.0 Å². The monoisotopic (exact) mass is 311 g/mol. The summed E-state index contributed by atoms with van der Waals surface area (Å²) in [5.41, 5.74) is -0.782. The normalized spacial score (nSPS) is 12.7. The molecule has 0 saturated carbocycles. The first-order chi connectivity index (χ1) is 8.19. The van der Waals surface area contributed by atoms with E-state index in [1.807, 2.05) is 0 Å². The minimum atomic E-state index is -3.83. The molecule has 0 amide bonds. The molecule has 0 fully saturated rings. The Morgan fingerprint density at radius 1 is 1.28 bits per heavy atom. The van der Waals surface area contributed by atoms with E-state index in [9.17, 15) is 8.42 Å². The van der Waals surface area contributed by atoms with Crippen molar-refractivity contribution in [3.63, 3.8) is 0 Å². The van der Waals surface area contributed by atoms with Gasteiger partial charge in [-0.15, -0.1) is 0 Å². The Hall–Kier alpha value is -0.330. The van der Waals surface area contributed by atoms with Crippen LogP contribution in [0.2, 0.25) is 10.0 Å². The van der Waals surface area contributed by atoms with E-state index in [1.54, 1.807) is 19.9 Å². The second-order valence-corrected chi connectivity index (χ2v) is 6.95. The number of hydrogen-bond acceptors (Lipinski definition) is 3. The first-order valence-corrected chi connectivity index (χ1v) is 7.52. The molecule has 0 aromatic heterocycles. The number of hydrogen-bond donors (Lipinski definition) is 2. The van der Waals surface area contributed by atoms with Gasteiger partial charge in [0.25, 0.3) is 0 Å². The molecule has 0 spiro atoms. The lowest BCUT2D eigenvalue weighted by Crippen LogP contribution is -2.44. The Kier molecular flexibility index (Phi) is 5.03. The van der Waals surface area contributed by atoms with Gasteiger partial charge in [-0.25, -0.2) is 13.1 Å². The smallest absolute Gasteiger partial charge is 0.244 e. The van der Waals surface area contributed by atoms with Crippen molar-refractivity contribution in [3.05, 3.63) is 28.2 Å². The van der Waals surface area contributed by atoms with Crippen LogP contribution < -0.4 is 4.72 Å². The Balaban J connectivity index is 3.15. The van der Waals surface area contributed by atoms with E-state index in [2.05, 4.69) is 4.72 Å². The summed E-state index contributed by atoms with van der Waals surface area (Å²) in [5, 5.41) is 9.02. The highest BCUT2D eigenvalue weighted by Gasteiger charge is 2.28. The lowest BCUT2D eigenvalue weighted by Gasteiger charge is -2.25. The maximum atomic E-state index is 12.2. The van der Waals surface area contributed by atoms with Crippen molar-refractivity contribution in [2.75, 3.05) is 6.61 Å². The van der Waals surface area contributed by atoms with E-state index in [1.165, 1.54) is 12.1 Å². The molecule has 2 N–H and O–H groups in total. The second kappa shape index (κ2) is 5.75. The van der Waals surface area contributed by atoms with Crippen LogP contribution in [-0.4, -0.2) is 25.7 Å². The Bertz CT molecular complexity index is 509. The summed E-state index contributed by atoms with van der Waals surface area (Å²) >= 11 is 11.7. The van der Waals surface area contributed by atoms with E-state index in [-0.39, 0.29) is 28.0 Å². The number of rotatable bonds is 5. The van der Waals surface area contributed by atoms with Gasteiger partial charge >= 0.3 is 0 Å². The van der Waals surface area contributed by atoms with Gasteiger partial charge in [0.2, 0.25) is 10.0 Å². The number of sulfonamides is 1. The van der Waals surface area contributed by atoms with E-state index in [0.717, 1.165) is 0 Å². The Morgan fingerprint density at radius 2 is 1.78 bits per heavy atom. The first-order valence-electron chi connectivity index (χ1n) is 5.28. The topological polar surface area (TPSA) is 66.4 Å². The van der Waals surface area contributed by atoms with Gasteiger partial charge < -0.3 is 5.11 Å². The summed E-state index contributed by atoms with van der Waals surface area (Å²) in [4.78, 5) is -0.139. The first kappa shape index (κ1) is 15.7. The highest BCUT2D eigenvalue weighted by molar-refractivity contribution is 7.89. The molecule has 0 aliphatic rings. The molecule has 0 unspecified atom stereocenters. The van der Waals surface area contributed by atoms with Crippen molar-refractivity contribution < 1.29 is 13.5 Å². The van der Waals surface area contributed by atoms with Crippen LogP contribution in [0.15, 0.2) is 23.1 Å². The highest BCUT2D eigenvalue weighted by Crippen LogP contribution is 2.29. The van der Waals surface area contributed by atoms with Crippen LogP contribution in [0.4, 0.5) is 0 Å². The fourth-order valence-electron chi connectivity index (χ4n) is 1.48. The van der Waals surface area contributed by atoms with Crippen LogP contribution in [0.1, 0.15) is 20.3 Å². The van der Waals surface area contributed by atoms with Crippen molar-refractivity contribution in [2.45, 2.75) is 30.7 Å². The van der Waals surface area contributed by atoms with Crippen LogP contribution in [0, 0.1) is 0 Å². The third-order valence-electron chi connectivity index (χ3n) is 2.34. The van der Waals surface area contributed by atoms with Gasteiger partial charge in [-0.1, -0.05) is 29.3 Å². The van der Waals surface area contributed by atoms with Crippen molar-refractivity contribution in [2.24, 2.45) is 0 Å². The zero-order chi connectivity index (χ0) is 14.0. The lowest BCUT2D eigenvalue weighted by molar-refractivity contribution is 0.246. The van der Waals surface area contributed by atoms with Gasteiger partial charge in [0.1, 0.15) is 4.90 Å². The van der Waals surface area contributed by atoms with E-state index < -0.39 is 15.6 Å². The maximum absolute atomic E-state index is 12.2. The number of nitrogens with one attached hydrogen (secondary N) is 1. The third-order valence-corrected chi connectivity index (χ3v) is 4.99. The van der Waals surface area contributed by atoms with Crippen LogP contribution in [0.3, 0.4) is 0 Å². The van der Waals surface area contributed by atoms with Gasteiger partial charge in [0, 0.05) is 12.1 Å². The molecule has 0 heterocycles. The average molecular weight is 312 g/mol. The molecule has 0 saturated heterocycles. The van der Waals surface area contributed by atoms with Crippen LogP contribution in [-0.2, 0) is 10.0 Å². The largest absolute Gasteiger partial charge is 0.396 e. The molecule has 4 nitrogen and oxygen atoms in total. The summed E-state index contributed by atoms with van der Waals surface area (Å²) in [5.74, 6) is 0. The standard InChI is InChI=1S/C11H15Cl2NO3S/c1-11(2,6-7-15)14-18(16,17)10-8(12)4-3-5-9(10)13/h3-5,14-15H,6-7H2,1-2H3. The Labute approximate surface area is 117 Å². The zero-order valence-electron chi connectivity index (χ0n) is 10.1. The van der Waals surface area contributed by atoms with Gasteiger partial charge in [-0.2, -0.15) is 0 Å². The molecule has 0 radical (unpaired) electrons. The molecule has 1 rings (SSSR count). The summed E-state index contributed by atoms with van der Waals surface area (Å²) in [6.45, 7) is 3.23. The quantitative estimate of drug-likeness (QED) is 0.877. The van der Waals surface area contributed by atoms with Crippen LogP contribution >= 0.6 is 23.2 Å². The average Bonchev–Trinajstić information content (AvgIpc) is 2.13. The number of benzene rings is 1. The minimum absolute atomic E-state index is 0.0646. The summed E-state index contributed by atoms with van der Waals surface area (Å²) in [7, 11) is -3.83. The second-order valence-electron chi connectivity index (χ2n) is 4.51. The fourth-order valence-corrected chi connectivity index (χ4v) is 4.07. The predicted octanol–water partition coefficient (Wildman–Crippen LogP) is 2.43.